The number of carboxylic acids is 1. The summed E-state index contributed by atoms with van der Waals surface area (Å²) in [5.41, 5.74) is 0.368. The van der Waals surface area contributed by atoms with Crippen LogP contribution in [0.4, 0.5) is 0 Å². The maximum absolute atomic E-state index is 11.0. The third-order valence-electron chi connectivity index (χ3n) is 2.08. The smallest absolute Gasteiger partial charge is 0.336 e. The SMILES string of the molecule is O=C(O)c1cccc2cccc(I)c12.[Hg]. The largest absolute Gasteiger partial charge is 0.478 e. The van der Waals surface area contributed by atoms with Crippen LogP contribution in [0, 0.1) is 3.57 Å². The molecule has 4 heteroatoms. The molecule has 0 radical (unpaired) electrons. The van der Waals surface area contributed by atoms with E-state index in [0.717, 1.165) is 14.3 Å². The first kappa shape index (κ1) is 12.9. The molecule has 0 saturated carbocycles. The number of rotatable bonds is 1. The first-order valence-electron chi connectivity index (χ1n) is 4.10. The van der Waals surface area contributed by atoms with Crippen molar-refractivity contribution in [3.8, 4) is 0 Å². The van der Waals surface area contributed by atoms with E-state index in [0.29, 0.717) is 5.56 Å². The van der Waals surface area contributed by atoms with E-state index in [9.17, 15) is 4.79 Å². The summed E-state index contributed by atoms with van der Waals surface area (Å²) in [7, 11) is 0. The van der Waals surface area contributed by atoms with Crippen LogP contribution in [-0.4, -0.2) is 11.1 Å². The zero-order valence-electron chi connectivity index (χ0n) is 7.90. The molecule has 0 amide bonds. The van der Waals surface area contributed by atoms with Crippen molar-refractivity contribution in [3.63, 3.8) is 0 Å². The number of hydrogen-bond donors (Lipinski definition) is 1. The first-order valence-corrected chi connectivity index (χ1v) is 5.18. The number of carboxylic acid groups (broad SMARTS) is 1. The molecule has 0 saturated heterocycles. The van der Waals surface area contributed by atoms with Crippen molar-refractivity contribution in [2.75, 3.05) is 0 Å². The zero-order chi connectivity index (χ0) is 10.1. The zero-order valence-corrected chi connectivity index (χ0v) is 15.6. The second-order valence-electron chi connectivity index (χ2n) is 2.95. The Morgan fingerprint density at radius 2 is 1.73 bits per heavy atom. The van der Waals surface area contributed by atoms with Gasteiger partial charge in [0.2, 0.25) is 0 Å². The van der Waals surface area contributed by atoms with Crippen LogP contribution in [0.2, 0.25) is 0 Å². The van der Waals surface area contributed by atoms with Gasteiger partial charge in [0, 0.05) is 36.6 Å². The fraction of sp³-hybridized carbons (Fsp3) is 0. The molecule has 0 heterocycles. The molecule has 0 aliphatic rings. The van der Waals surface area contributed by atoms with Gasteiger partial charge in [0.1, 0.15) is 0 Å². The minimum absolute atomic E-state index is 0. The summed E-state index contributed by atoms with van der Waals surface area (Å²) in [6.07, 6.45) is 0. The van der Waals surface area contributed by atoms with Gasteiger partial charge in [0.05, 0.1) is 5.56 Å². The Morgan fingerprint density at radius 1 is 1.13 bits per heavy atom. The molecule has 0 fully saturated rings. The van der Waals surface area contributed by atoms with Gasteiger partial charge in [-0.1, -0.05) is 24.3 Å². The molecule has 2 aromatic rings. The van der Waals surface area contributed by atoms with Crippen molar-refractivity contribution >= 4 is 39.3 Å². The van der Waals surface area contributed by atoms with Gasteiger partial charge in [-0.15, -0.1) is 0 Å². The second kappa shape index (κ2) is 5.25. The molecule has 0 aromatic heterocycles. The molecule has 15 heavy (non-hydrogen) atoms. The molecule has 0 spiro atoms. The van der Waals surface area contributed by atoms with E-state index in [2.05, 4.69) is 22.6 Å². The normalized spacial score (nSPS) is 9.67. The number of carbonyl (C=O) groups is 1. The molecule has 0 aliphatic heterocycles. The average molecular weight is 499 g/mol. The average Bonchev–Trinajstić information content (AvgIpc) is 2.17. The molecule has 0 aliphatic carbocycles. The Bertz CT molecular complexity index is 506. The molecule has 0 bridgehead atoms. The van der Waals surface area contributed by atoms with Crippen molar-refractivity contribution in [1.29, 1.82) is 0 Å². The third kappa shape index (κ3) is 2.50. The molecule has 2 aromatic carbocycles. The Kier molecular flexibility index (Phi) is 4.52. The number of benzene rings is 2. The number of fused-ring (bicyclic) bond motifs is 1. The predicted octanol–water partition coefficient (Wildman–Crippen LogP) is 3.14. The van der Waals surface area contributed by atoms with Crippen molar-refractivity contribution < 1.29 is 37.6 Å². The molecule has 2 rings (SSSR count). The van der Waals surface area contributed by atoms with Crippen molar-refractivity contribution in [1.82, 2.24) is 0 Å². The fourth-order valence-corrected chi connectivity index (χ4v) is 2.28. The number of hydrogen-bond acceptors (Lipinski definition) is 1. The molecule has 0 unspecified atom stereocenters. The summed E-state index contributed by atoms with van der Waals surface area (Å²) < 4.78 is 0.970. The van der Waals surface area contributed by atoms with Gasteiger partial charge in [-0.3, -0.25) is 0 Å². The van der Waals surface area contributed by atoms with Crippen molar-refractivity contribution in [2.24, 2.45) is 0 Å². The molecular formula is C11H7HgIO2. The molecule has 0 atom stereocenters. The van der Waals surface area contributed by atoms with E-state index in [1.165, 1.54) is 0 Å². The summed E-state index contributed by atoms with van der Waals surface area (Å²) in [6.45, 7) is 0. The standard InChI is InChI=1S/C11H7IO2.Hg/c12-9-6-2-4-7-3-1-5-8(10(7)9)11(13)14;/h1-6H,(H,13,14);. The van der Waals surface area contributed by atoms with Gasteiger partial charge in [0.25, 0.3) is 0 Å². The van der Waals surface area contributed by atoms with Crippen LogP contribution in [0.3, 0.4) is 0 Å². The van der Waals surface area contributed by atoms with Gasteiger partial charge in [-0.25, -0.2) is 4.79 Å². The van der Waals surface area contributed by atoms with Crippen molar-refractivity contribution in [3.05, 3.63) is 45.5 Å². The van der Waals surface area contributed by atoms with Crippen LogP contribution in [0.1, 0.15) is 10.4 Å². The molecule has 72 valence electrons. The maximum atomic E-state index is 11.0. The van der Waals surface area contributed by atoms with Crippen LogP contribution in [0.25, 0.3) is 10.8 Å². The minimum Gasteiger partial charge on any atom is -0.478 e. The second-order valence-corrected chi connectivity index (χ2v) is 4.11. The van der Waals surface area contributed by atoms with Gasteiger partial charge in [-0.2, -0.15) is 0 Å². The Morgan fingerprint density at radius 3 is 2.33 bits per heavy atom. The van der Waals surface area contributed by atoms with E-state index in [1.807, 2.05) is 24.3 Å². The summed E-state index contributed by atoms with van der Waals surface area (Å²) in [5, 5.41) is 10.8. The molecular weight excluding hydrogens is 492 g/mol. The Balaban J connectivity index is 0.00000112. The minimum atomic E-state index is -0.875. The van der Waals surface area contributed by atoms with Gasteiger partial charge in [0.15, 0.2) is 0 Å². The summed E-state index contributed by atoms with van der Waals surface area (Å²) >= 11 is 2.15. The van der Waals surface area contributed by atoms with E-state index >= 15 is 0 Å². The quantitative estimate of drug-likeness (QED) is 0.485. The van der Waals surface area contributed by atoms with E-state index in [1.54, 1.807) is 12.1 Å². The fourth-order valence-electron chi connectivity index (χ4n) is 1.47. The van der Waals surface area contributed by atoms with Crippen LogP contribution in [0.15, 0.2) is 36.4 Å². The number of halogens is 1. The van der Waals surface area contributed by atoms with Crippen LogP contribution in [-0.2, 0) is 27.7 Å². The Hall–Kier alpha value is -0.165. The van der Waals surface area contributed by atoms with E-state index < -0.39 is 5.97 Å². The first-order chi connectivity index (χ1) is 6.70. The molecule has 1 N–H and O–H groups in total. The van der Waals surface area contributed by atoms with Crippen LogP contribution >= 0.6 is 22.6 Å². The topological polar surface area (TPSA) is 37.3 Å². The van der Waals surface area contributed by atoms with Crippen molar-refractivity contribution in [2.45, 2.75) is 0 Å². The van der Waals surface area contributed by atoms with Crippen LogP contribution in [0.5, 0.6) is 0 Å². The van der Waals surface area contributed by atoms with Gasteiger partial charge >= 0.3 is 5.97 Å². The summed E-state index contributed by atoms with van der Waals surface area (Å²) in [4.78, 5) is 11.0. The summed E-state index contributed by atoms with van der Waals surface area (Å²) in [5.74, 6) is -0.875. The van der Waals surface area contributed by atoms with E-state index in [-0.39, 0.29) is 27.7 Å². The van der Waals surface area contributed by atoms with Gasteiger partial charge in [-0.05, 0) is 40.1 Å². The molecule has 2 nitrogen and oxygen atoms in total. The summed E-state index contributed by atoms with van der Waals surface area (Å²) in [6, 6.07) is 11.1. The van der Waals surface area contributed by atoms with Gasteiger partial charge < -0.3 is 5.11 Å². The predicted molar refractivity (Wildman–Crippen MR) is 63.6 cm³/mol. The third-order valence-corrected chi connectivity index (χ3v) is 2.98. The van der Waals surface area contributed by atoms with E-state index in [4.69, 9.17) is 5.11 Å². The monoisotopic (exact) mass is 500 g/mol. The number of aromatic carboxylic acids is 1. The Labute approximate surface area is 121 Å². The van der Waals surface area contributed by atoms with Crippen LogP contribution < -0.4 is 0 Å². The maximum Gasteiger partial charge on any atom is 0.336 e.